The van der Waals surface area contributed by atoms with Gasteiger partial charge in [-0.1, -0.05) is 6.07 Å². The zero-order valence-corrected chi connectivity index (χ0v) is 9.38. The summed E-state index contributed by atoms with van der Waals surface area (Å²) in [5, 5.41) is 0. The van der Waals surface area contributed by atoms with Gasteiger partial charge in [0.25, 0.3) is 0 Å². The Hall–Kier alpha value is -0.290. The fourth-order valence-corrected chi connectivity index (χ4v) is 1.76. The second-order valence-electron chi connectivity index (χ2n) is 2.62. The van der Waals surface area contributed by atoms with Gasteiger partial charge in [0.1, 0.15) is 5.75 Å². The van der Waals surface area contributed by atoms with Crippen LogP contribution in [0.1, 0.15) is 11.1 Å². The minimum absolute atomic E-state index is 0.586. The highest BCUT2D eigenvalue weighted by molar-refractivity contribution is 14.1. The van der Waals surface area contributed by atoms with Crippen molar-refractivity contribution in [3.05, 3.63) is 26.8 Å². The van der Waals surface area contributed by atoms with E-state index in [1.54, 1.807) is 7.11 Å². The van der Waals surface area contributed by atoms with Crippen molar-refractivity contribution >= 4 is 22.6 Å². The summed E-state index contributed by atoms with van der Waals surface area (Å²) in [4.78, 5) is 0. The minimum Gasteiger partial charge on any atom is -0.496 e. The molecule has 0 fully saturated rings. The first kappa shape index (κ1) is 9.80. The van der Waals surface area contributed by atoms with Gasteiger partial charge >= 0.3 is 0 Å². The average molecular weight is 277 g/mol. The normalized spacial score (nSPS) is 10.0. The maximum atomic E-state index is 5.57. The van der Waals surface area contributed by atoms with Crippen LogP contribution >= 0.6 is 22.6 Å². The molecule has 0 amide bonds. The molecule has 1 rings (SSSR count). The molecule has 0 aromatic heterocycles. The number of benzene rings is 1. The predicted octanol–water partition coefficient (Wildman–Crippen LogP) is 2.07. The van der Waals surface area contributed by atoms with Crippen LogP contribution in [0.2, 0.25) is 0 Å². The van der Waals surface area contributed by atoms with E-state index in [1.165, 1.54) is 5.56 Å². The maximum Gasteiger partial charge on any atom is 0.122 e. The highest BCUT2D eigenvalue weighted by Crippen LogP contribution is 2.23. The van der Waals surface area contributed by atoms with E-state index in [0.717, 1.165) is 14.9 Å². The standard InChI is InChI=1S/C9H12INO/c1-6-3-7(5-11)8(10)4-9(6)12-2/h3-4H,5,11H2,1-2H3. The molecule has 0 radical (unpaired) electrons. The predicted molar refractivity (Wildman–Crippen MR) is 58.3 cm³/mol. The monoisotopic (exact) mass is 277 g/mol. The van der Waals surface area contributed by atoms with Gasteiger partial charge in [0.2, 0.25) is 0 Å². The lowest BCUT2D eigenvalue weighted by Gasteiger charge is -2.08. The van der Waals surface area contributed by atoms with Gasteiger partial charge in [0.05, 0.1) is 7.11 Å². The zero-order chi connectivity index (χ0) is 9.14. The van der Waals surface area contributed by atoms with Crippen LogP contribution in [0.15, 0.2) is 12.1 Å². The number of rotatable bonds is 2. The number of methoxy groups -OCH3 is 1. The fraction of sp³-hybridized carbons (Fsp3) is 0.333. The largest absolute Gasteiger partial charge is 0.496 e. The quantitative estimate of drug-likeness (QED) is 0.840. The summed E-state index contributed by atoms with van der Waals surface area (Å²) >= 11 is 2.27. The number of nitrogens with two attached hydrogens (primary N) is 1. The number of ether oxygens (including phenoxy) is 1. The van der Waals surface area contributed by atoms with E-state index >= 15 is 0 Å². The first-order valence-corrected chi connectivity index (χ1v) is 4.80. The number of aryl methyl sites for hydroxylation is 1. The third kappa shape index (κ3) is 1.90. The molecule has 0 unspecified atom stereocenters. The summed E-state index contributed by atoms with van der Waals surface area (Å²) in [6.45, 7) is 2.61. The van der Waals surface area contributed by atoms with E-state index < -0.39 is 0 Å². The number of halogens is 1. The summed E-state index contributed by atoms with van der Waals surface area (Å²) in [5.74, 6) is 0.927. The van der Waals surface area contributed by atoms with Gasteiger partial charge in [-0.05, 0) is 46.7 Å². The molecule has 1 aromatic carbocycles. The van der Waals surface area contributed by atoms with Crippen LogP contribution < -0.4 is 10.5 Å². The number of hydrogen-bond donors (Lipinski definition) is 1. The second-order valence-corrected chi connectivity index (χ2v) is 3.78. The maximum absolute atomic E-state index is 5.57. The Kier molecular flexibility index (Phi) is 3.34. The summed E-state index contributed by atoms with van der Waals surface area (Å²) in [6.07, 6.45) is 0. The molecule has 0 spiro atoms. The molecule has 0 aliphatic carbocycles. The fourth-order valence-electron chi connectivity index (χ4n) is 1.10. The van der Waals surface area contributed by atoms with Crippen LogP contribution in [0.5, 0.6) is 5.75 Å². The first-order valence-electron chi connectivity index (χ1n) is 3.72. The molecule has 0 saturated carbocycles. The molecule has 3 heteroatoms. The van der Waals surface area contributed by atoms with E-state index in [0.29, 0.717) is 6.54 Å². The SMILES string of the molecule is COc1cc(I)c(CN)cc1C. The van der Waals surface area contributed by atoms with Gasteiger partial charge in [-0.2, -0.15) is 0 Å². The number of hydrogen-bond acceptors (Lipinski definition) is 2. The molecule has 0 saturated heterocycles. The molecule has 2 nitrogen and oxygen atoms in total. The van der Waals surface area contributed by atoms with Gasteiger partial charge in [0.15, 0.2) is 0 Å². The third-order valence-electron chi connectivity index (χ3n) is 1.78. The molecular formula is C9H12INO. The van der Waals surface area contributed by atoms with E-state index in [9.17, 15) is 0 Å². The van der Waals surface area contributed by atoms with E-state index in [4.69, 9.17) is 10.5 Å². The smallest absolute Gasteiger partial charge is 0.122 e. The van der Waals surface area contributed by atoms with Crippen LogP contribution in [0, 0.1) is 10.5 Å². The Morgan fingerprint density at radius 1 is 1.50 bits per heavy atom. The van der Waals surface area contributed by atoms with Crippen molar-refractivity contribution in [2.24, 2.45) is 5.73 Å². The van der Waals surface area contributed by atoms with Crippen molar-refractivity contribution < 1.29 is 4.74 Å². The molecule has 0 bridgehead atoms. The van der Waals surface area contributed by atoms with E-state index in [1.807, 2.05) is 13.0 Å². The molecule has 12 heavy (non-hydrogen) atoms. The Morgan fingerprint density at radius 3 is 2.67 bits per heavy atom. The van der Waals surface area contributed by atoms with Crippen molar-refractivity contribution in [1.29, 1.82) is 0 Å². The molecule has 66 valence electrons. The summed E-state index contributed by atoms with van der Waals surface area (Å²) in [5.41, 5.74) is 7.88. The molecular weight excluding hydrogens is 265 g/mol. The lowest BCUT2D eigenvalue weighted by molar-refractivity contribution is 0.411. The Balaban J connectivity index is 3.16. The Bertz CT molecular complexity index is 256. The lowest BCUT2D eigenvalue weighted by Crippen LogP contribution is -2.00. The van der Waals surface area contributed by atoms with Gasteiger partial charge in [-0.3, -0.25) is 0 Å². The second kappa shape index (κ2) is 4.09. The molecule has 0 atom stereocenters. The van der Waals surface area contributed by atoms with Gasteiger partial charge in [-0.25, -0.2) is 0 Å². The summed E-state index contributed by atoms with van der Waals surface area (Å²) in [7, 11) is 1.68. The van der Waals surface area contributed by atoms with Crippen molar-refractivity contribution in [2.75, 3.05) is 7.11 Å². The first-order chi connectivity index (χ1) is 5.69. The van der Waals surface area contributed by atoms with Crippen molar-refractivity contribution in [2.45, 2.75) is 13.5 Å². The third-order valence-corrected chi connectivity index (χ3v) is 2.79. The highest BCUT2D eigenvalue weighted by Gasteiger charge is 2.03. The Morgan fingerprint density at radius 2 is 2.17 bits per heavy atom. The van der Waals surface area contributed by atoms with Crippen LogP contribution in [0.4, 0.5) is 0 Å². The van der Waals surface area contributed by atoms with Gasteiger partial charge in [0, 0.05) is 10.1 Å². The van der Waals surface area contributed by atoms with Gasteiger partial charge in [-0.15, -0.1) is 0 Å². The molecule has 2 N–H and O–H groups in total. The van der Waals surface area contributed by atoms with Crippen molar-refractivity contribution in [3.8, 4) is 5.75 Å². The molecule has 1 aromatic rings. The van der Waals surface area contributed by atoms with Crippen LogP contribution in [0.3, 0.4) is 0 Å². The summed E-state index contributed by atoms with van der Waals surface area (Å²) in [6, 6.07) is 4.08. The van der Waals surface area contributed by atoms with Crippen LogP contribution in [-0.4, -0.2) is 7.11 Å². The Labute approximate surface area is 86.2 Å². The highest BCUT2D eigenvalue weighted by atomic mass is 127. The molecule has 0 aliphatic heterocycles. The van der Waals surface area contributed by atoms with Crippen molar-refractivity contribution in [1.82, 2.24) is 0 Å². The lowest BCUT2D eigenvalue weighted by atomic mass is 10.1. The zero-order valence-electron chi connectivity index (χ0n) is 7.23. The van der Waals surface area contributed by atoms with Crippen LogP contribution in [0.25, 0.3) is 0 Å². The van der Waals surface area contributed by atoms with Crippen LogP contribution in [-0.2, 0) is 6.54 Å². The summed E-state index contributed by atoms with van der Waals surface area (Å²) < 4.78 is 6.34. The topological polar surface area (TPSA) is 35.2 Å². The van der Waals surface area contributed by atoms with Gasteiger partial charge < -0.3 is 10.5 Å². The van der Waals surface area contributed by atoms with Crippen molar-refractivity contribution in [3.63, 3.8) is 0 Å². The minimum atomic E-state index is 0.586. The average Bonchev–Trinajstić information content (AvgIpc) is 2.08. The molecule has 0 aliphatic rings. The van der Waals surface area contributed by atoms with E-state index in [2.05, 4.69) is 28.7 Å². The molecule has 0 heterocycles. The van der Waals surface area contributed by atoms with E-state index in [-0.39, 0.29) is 0 Å².